The molecular formula is C23H26KNO3-2. The number of amides is 1. The minimum absolute atomic E-state index is 0. The zero-order valence-corrected chi connectivity index (χ0v) is 20.0. The number of aromatic hydroxyl groups is 1. The Balaban J connectivity index is 0.000000307. The van der Waals surface area contributed by atoms with E-state index in [1.807, 2.05) is 38.3 Å². The minimum atomic E-state index is 0. The minimum Gasteiger partial charge on any atom is -0.506 e. The summed E-state index contributed by atoms with van der Waals surface area (Å²) in [4.78, 5) is 22.2. The molecule has 28 heavy (non-hydrogen) atoms. The maximum absolute atomic E-state index is 12.0. The summed E-state index contributed by atoms with van der Waals surface area (Å²) in [6.07, 6.45) is 7.91. The van der Waals surface area contributed by atoms with E-state index in [-0.39, 0.29) is 69.0 Å². The molecule has 0 aromatic heterocycles. The van der Waals surface area contributed by atoms with Crippen molar-refractivity contribution in [1.82, 2.24) is 0 Å². The molecule has 1 aliphatic carbocycles. The number of hydrogen-bond acceptors (Lipinski definition) is 3. The fraction of sp³-hybridized carbons (Fsp3) is 0.304. The fourth-order valence-electron chi connectivity index (χ4n) is 2.97. The van der Waals surface area contributed by atoms with Crippen molar-refractivity contribution in [3.63, 3.8) is 0 Å². The Bertz CT molecular complexity index is 798. The molecule has 1 saturated carbocycles. The summed E-state index contributed by atoms with van der Waals surface area (Å²) in [6.45, 7) is 7.55. The number of anilines is 1. The summed E-state index contributed by atoms with van der Waals surface area (Å²) < 4.78 is 0. The molecule has 4 nitrogen and oxygen atoms in total. The van der Waals surface area contributed by atoms with Gasteiger partial charge < -0.3 is 21.6 Å². The zero-order chi connectivity index (χ0) is 19.8. The second-order valence-corrected chi connectivity index (χ2v) is 6.85. The third-order valence-corrected chi connectivity index (χ3v) is 4.74. The first-order chi connectivity index (χ1) is 12.9. The van der Waals surface area contributed by atoms with Crippen molar-refractivity contribution in [2.45, 2.75) is 39.5 Å². The van der Waals surface area contributed by atoms with Gasteiger partial charge in [0, 0.05) is 5.92 Å². The monoisotopic (exact) mass is 403 g/mol. The van der Waals surface area contributed by atoms with Crippen LogP contribution in [0.2, 0.25) is 0 Å². The molecule has 1 amide bonds. The van der Waals surface area contributed by atoms with E-state index in [1.165, 1.54) is 0 Å². The van der Waals surface area contributed by atoms with Crippen LogP contribution in [0.3, 0.4) is 0 Å². The normalized spacial score (nSPS) is 13.5. The van der Waals surface area contributed by atoms with E-state index in [9.17, 15) is 14.7 Å². The van der Waals surface area contributed by atoms with Crippen LogP contribution in [-0.4, -0.2) is 17.3 Å². The fourth-order valence-corrected chi connectivity index (χ4v) is 2.97. The summed E-state index contributed by atoms with van der Waals surface area (Å²) >= 11 is 0. The molecular weight excluding hydrogens is 377 g/mol. The van der Waals surface area contributed by atoms with Gasteiger partial charge in [0.15, 0.2) is 0 Å². The van der Waals surface area contributed by atoms with E-state index in [0.717, 1.165) is 42.4 Å². The van der Waals surface area contributed by atoms with Gasteiger partial charge >= 0.3 is 51.4 Å². The van der Waals surface area contributed by atoms with Crippen LogP contribution in [0.15, 0.2) is 36.4 Å². The van der Waals surface area contributed by atoms with Gasteiger partial charge in [0.25, 0.3) is 0 Å². The van der Waals surface area contributed by atoms with Gasteiger partial charge in [-0.05, 0) is 30.9 Å². The average molecular weight is 404 g/mol. The molecule has 0 saturated heterocycles. The summed E-state index contributed by atoms with van der Waals surface area (Å²) in [6, 6.07) is 10.7. The van der Waals surface area contributed by atoms with Crippen molar-refractivity contribution in [1.29, 1.82) is 0 Å². The molecule has 144 valence electrons. The zero-order valence-electron chi connectivity index (χ0n) is 16.9. The Kier molecular flexibility index (Phi) is 11.1. The molecule has 2 aromatic rings. The van der Waals surface area contributed by atoms with Crippen molar-refractivity contribution in [2.75, 3.05) is 5.32 Å². The summed E-state index contributed by atoms with van der Waals surface area (Å²) in [5, 5.41) is 12.5. The van der Waals surface area contributed by atoms with Gasteiger partial charge in [-0.3, -0.25) is 22.8 Å². The molecule has 0 spiro atoms. The van der Waals surface area contributed by atoms with Crippen LogP contribution < -0.4 is 56.7 Å². The predicted octanol–water partition coefficient (Wildman–Crippen LogP) is 1.67. The molecule has 0 heterocycles. The molecule has 0 atom stereocenters. The second kappa shape index (κ2) is 12.4. The molecule has 0 bridgehead atoms. The SMILES string of the molecule is Cc1ccc(NC(=O)C2CC[CH-]CC2)c(O)c1.[CH2-]c1c(C)cccc1[C-]=O.[K+]. The first-order valence-electron chi connectivity index (χ1n) is 9.14. The molecule has 0 unspecified atom stereocenters. The summed E-state index contributed by atoms with van der Waals surface area (Å²) in [5.41, 5.74) is 3.85. The first-order valence-corrected chi connectivity index (χ1v) is 9.14. The number of nitrogens with one attached hydrogen (secondary N) is 1. The maximum Gasteiger partial charge on any atom is 1.00 e. The molecule has 0 radical (unpaired) electrons. The number of rotatable bonds is 3. The molecule has 2 aromatic carbocycles. The van der Waals surface area contributed by atoms with Crippen LogP contribution in [0.4, 0.5) is 5.69 Å². The number of benzene rings is 2. The van der Waals surface area contributed by atoms with Crippen LogP contribution in [-0.2, 0) is 9.59 Å². The van der Waals surface area contributed by atoms with Gasteiger partial charge in [-0.25, -0.2) is 11.6 Å². The summed E-state index contributed by atoms with van der Waals surface area (Å²) in [7, 11) is 0. The van der Waals surface area contributed by atoms with Gasteiger partial charge in [-0.2, -0.15) is 12.8 Å². The van der Waals surface area contributed by atoms with Crippen LogP contribution in [0.5, 0.6) is 5.75 Å². The third kappa shape index (κ3) is 7.37. The molecule has 1 fully saturated rings. The molecule has 1 aliphatic rings. The Hall–Kier alpha value is -1.11. The van der Waals surface area contributed by atoms with E-state index < -0.39 is 0 Å². The van der Waals surface area contributed by atoms with Crippen LogP contribution in [0, 0.1) is 33.1 Å². The number of carbonyl (C=O) groups is 1. The van der Waals surface area contributed by atoms with Crippen molar-refractivity contribution >= 4 is 17.9 Å². The predicted molar refractivity (Wildman–Crippen MR) is 108 cm³/mol. The quantitative estimate of drug-likeness (QED) is 0.466. The number of aryl methyl sites for hydroxylation is 2. The molecule has 0 aliphatic heterocycles. The van der Waals surface area contributed by atoms with Gasteiger partial charge in [-0.1, -0.05) is 25.8 Å². The Morgan fingerprint density at radius 1 is 1.21 bits per heavy atom. The Labute approximate surface area is 210 Å². The second-order valence-electron chi connectivity index (χ2n) is 6.85. The molecule has 2 N–H and O–H groups in total. The smallest absolute Gasteiger partial charge is 0.506 e. The van der Waals surface area contributed by atoms with Crippen molar-refractivity contribution in [3.8, 4) is 5.75 Å². The largest absolute Gasteiger partial charge is 1.00 e. The van der Waals surface area contributed by atoms with E-state index >= 15 is 0 Å². The van der Waals surface area contributed by atoms with Crippen LogP contribution in [0.25, 0.3) is 0 Å². The topological polar surface area (TPSA) is 66.4 Å². The van der Waals surface area contributed by atoms with E-state index in [2.05, 4.69) is 18.7 Å². The van der Waals surface area contributed by atoms with E-state index in [4.69, 9.17) is 0 Å². The number of phenolic OH excluding ortho intramolecular Hbond substituents is 1. The van der Waals surface area contributed by atoms with Crippen LogP contribution >= 0.6 is 0 Å². The molecule has 3 rings (SSSR count). The van der Waals surface area contributed by atoms with Crippen molar-refractivity contribution in [3.05, 3.63) is 72.0 Å². The Morgan fingerprint density at radius 3 is 2.46 bits per heavy atom. The molecule has 5 heteroatoms. The summed E-state index contributed by atoms with van der Waals surface area (Å²) in [5.74, 6) is 0.249. The van der Waals surface area contributed by atoms with Gasteiger partial charge in [-0.15, -0.1) is 12.1 Å². The number of carbonyl (C=O) groups excluding carboxylic acids is 2. The van der Waals surface area contributed by atoms with E-state index in [1.54, 1.807) is 18.2 Å². The van der Waals surface area contributed by atoms with Gasteiger partial charge in [0.1, 0.15) is 5.75 Å². The number of hydrogen-bond donors (Lipinski definition) is 2. The average Bonchev–Trinajstić information content (AvgIpc) is 2.67. The first kappa shape index (κ1) is 24.9. The van der Waals surface area contributed by atoms with Crippen molar-refractivity contribution < 1.29 is 66.1 Å². The van der Waals surface area contributed by atoms with Crippen molar-refractivity contribution in [2.24, 2.45) is 5.92 Å². The number of phenols is 1. The maximum atomic E-state index is 12.0. The third-order valence-electron chi connectivity index (χ3n) is 4.74. The Morgan fingerprint density at radius 2 is 1.89 bits per heavy atom. The van der Waals surface area contributed by atoms with E-state index in [0.29, 0.717) is 11.3 Å². The van der Waals surface area contributed by atoms with Gasteiger partial charge in [0.05, 0.1) is 5.69 Å². The standard InChI is InChI=1S/C14H18NO2.C9H8O.K/c1-10-7-8-12(13(16)9-10)15-14(17)11-5-3-2-4-6-11;1-7-4-3-5-9(6-10)8(7)2;/h2,7-9,11,16H,3-6H2,1H3,(H,15,17);3-5H,2H2,1H3;/q-1;-2;+1. The van der Waals surface area contributed by atoms with Gasteiger partial charge in [0.2, 0.25) is 5.91 Å². The van der Waals surface area contributed by atoms with Crippen LogP contribution in [0.1, 0.15) is 47.9 Å².